The lowest BCUT2D eigenvalue weighted by Gasteiger charge is -2.05. The van der Waals surface area contributed by atoms with E-state index in [2.05, 4.69) is 15.3 Å². The van der Waals surface area contributed by atoms with Crippen LogP contribution in [-0.2, 0) is 0 Å². The number of thiocarbonyl (C=S) groups is 1. The molecule has 0 radical (unpaired) electrons. The molecule has 0 bridgehead atoms. The number of hydrogen-bond acceptors (Lipinski definition) is 4. The van der Waals surface area contributed by atoms with Gasteiger partial charge in [0, 0.05) is 16.1 Å². The summed E-state index contributed by atoms with van der Waals surface area (Å²) in [7, 11) is 0. The van der Waals surface area contributed by atoms with Crippen LogP contribution in [0.1, 0.15) is 0 Å². The zero-order valence-corrected chi connectivity index (χ0v) is 16.8. The predicted molar refractivity (Wildman–Crippen MR) is 121 cm³/mol. The quantitative estimate of drug-likeness (QED) is 0.309. The average Bonchev–Trinajstić information content (AvgIpc) is 3.13. The van der Waals surface area contributed by atoms with Gasteiger partial charge in [-0.1, -0.05) is 78.3 Å². The summed E-state index contributed by atoms with van der Waals surface area (Å²) in [6.07, 6.45) is 0. The Bertz CT molecular complexity index is 1190. The van der Waals surface area contributed by atoms with Gasteiger partial charge in [0.2, 0.25) is 0 Å². The number of rotatable bonds is 4. The zero-order valence-electron chi connectivity index (χ0n) is 15.2. The van der Waals surface area contributed by atoms with Crippen LogP contribution in [0.4, 0.5) is 11.4 Å². The molecule has 1 heterocycles. The fraction of sp³-hybridized carbons (Fsp3) is 0. The normalized spacial score (nSPS) is 11.1. The number of nitrogens with two attached hydrogens (primary N) is 1. The van der Waals surface area contributed by atoms with Gasteiger partial charge in [0.15, 0.2) is 5.11 Å². The molecule has 0 atom stereocenters. The Hall–Kier alpha value is -3.35. The maximum Gasteiger partial charge on any atom is 0.191 e. The number of hydrogen-bond donors (Lipinski definition) is 1. The topological polar surface area (TPSA) is 68.6 Å². The molecule has 4 rings (SSSR count). The summed E-state index contributed by atoms with van der Waals surface area (Å²) < 4.78 is 1.53. The van der Waals surface area contributed by atoms with Gasteiger partial charge >= 0.3 is 0 Å². The van der Waals surface area contributed by atoms with Gasteiger partial charge in [-0.2, -0.15) is 10.2 Å². The minimum atomic E-state index is 0.130. The van der Waals surface area contributed by atoms with Crippen molar-refractivity contribution in [2.45, 2.75) is 0 Å². The number of nitrogens with zero attached hydrogens (tertiary/aromatic N) is 4. The summed E-state index contributed by atoms with van der Waals surface area (Å²) in [6.45, 7) is 0. The molecule has 5 nitrogen and oxygen atoms in total. The molecule has 0 unspecified atom stereocenters. The Morgan fingerprint density at radius 1 is 0.862 bits per heavy atom. The molecule has 7 heteroatoms. The van der Waals surface area contributed by atoms with E-state index in [1.165, 1.54) is 4.68 Å². The first-order valence-electron chi connectivity index (χ1n) is 8.84. The molecule has 29 heavy (non-hydrogen) atoms. The Kier molecular flexibility index (Phi) is 5.46. The highest BCUT2D eigenvalue weighted by molar-refractivity contribution is 7.80. The van der Waals surface area contributed by atoms with Gasteiger partial charge in [-0.15, -0.1) is 5.11 Å². The highest BCUT2D eigenvalue weighted by atomic mass is 35.5. The average molecular weight is 418 g/mol. The molecule has 0 aliphatic rings. The van der Waals surface area contributed by atoms with Crippen LogP contribution in [0.3, 0.4) is 0 Å². The highest BCUT2D eigenvalue weighted by Crippen LogP contribution is 2.40. The maximum atomic E-state index is 6.07. The molecule has 0 aliphatic heterocycles. The lowest BCUT2D eigenvalue weighted by atomic mass is 10.1. The molecule has 1 aromatic heterocycles. The first kappa shape index (κ1) is 19.0. The van der Waals surface area contributed by atoms with Gasteiger partial charge in [-0.05, 0) is 30.4 Å². The van der Waals surface area contributed by atoms with Gasteiger partial charge in [-0.25, -0.2) is 4.68 Å². The van der Waals surface area contributed by atoms with Crippen molar-refractivity contribution in [1.82, 2.24) is 9.78 Å². The predicted octanol–water partition coefficient (Wildman–Crippen LogP) is 6.38. The molecule has 142 valence electrons. The number of benzene rings is 3. The fourth-order valence-corrected chi connectivity index (χ4v) is 3.27. The molecule has 0 fully saturated rings. The molecule has 2 N–H and O–H groups in total. The Morgan fingerprint density at radius 3 is 2.14 bits per heavy atom. The summed E-state index contributed by atoms with van der Waals surface area (Å²) in [5, 5.41) is 14.3. The smallest absolute Gasteiger partial charge is 0.191 e. The molecule has 0 saturated heterocycles. The lowest BCUT2D eigenvalue weighted by Crippen LogP contribution is -2.21. The van der Waals surface area contributed by atoms with Crippen molar-refractivity contribution in [3.8, 4) is 22.5 Å². The summed E-state index contributed by atoms with van der Waals surface area (Å²) in [5.74, 6) is 0. The largest absolute Gasteiger partial charge is 0.374 e. The Balaban J connectivity index is 1.96. The van der Waals surface area contributed by atoms with Crippen molar-refractivity contribution in [2.24, 2.45) is 16.0 Å². The van der Waals surface area contributed by atoms with E-state index in [1.807, 2.05) is 72.8 Å². The number of aromatic nitrogens is 2. The second-order valence-corrected chi connectivity index (χ2v) is 7.06. The van der Waals surface area contributed by atoms with Crippen molar-refractivity contribution >= 4 is 40.3 Å². The van der Waals surface area contributed by atoms with Crippen molar-refractivity contribution in [3.05, 3.63) is 90.0 Å². The standard InChI is InChI=1S/C22H16ClN5S/c23-17-12-7-13-18(14-17)25-26-20-19(15-8-3-1-4-9-15)27-28(22(24)29)21(20)16-10-5-2-6-11-16/h1-14H,(H2,24,29). The van der Waals surface area contributed by atoms with Crippen LogP contribution in [0.15, 0.2) is 95.2 Å². The minimum absolute atomic E-state index is 0.130. The second kappa shape index (κ2) is 8.34. The Labute approximate surface area is 178 Å². The van der Waals surface area contributed by atoms with Crippen LogP contribution in [-0.4, -0.2) is 14.9 Å². The molecule has 0 amide bonds. The van der Waals surface area contributed by atoms with Crippen molar-refractivity contribution in [3.63, 3.8) is 0 Å². The lowest BCUT2D eigenvalue weighted by molar-refractivity contribution is 0.951. The first-order valence-corrected chi connectivity index (χ1v) is 9.63. The van der Waals surface area contributed by atoms with Crippen molar-refractivity contribution in [1.29, 1.82) is 0 Å². The van der Waals surface area contributed by atoms with E-state index in [-0.39, 0.29) is 5.11 Å². The van der Waals surface area contributed by atoms with E-state index >= 15 is 0 Å². The van der Waals surface area contributed by atoms with Gasteiger partial charge < -0.3 is 5.73 Å². The summed E-state index contributed by atoms with van der Waals surface area (Å²) in [5.41, 5.74) is 10.3. The van der Waals surface area contributed by atoms with Gasteiger partial charge in [0.1, 0.15) is 17.1 Å². The van der Waals surface area contributed by atoms with E-state index in [0.29, 0.717) is 27.8 Å². The third-order valence-corrected chi connectivity index (χ3v) is 4.65. The first-order chi connectivity index (χ1) is 14.1. The Morgan fingerprint density at radius 2 is 1.52 bits per heavy atom. The summed E-state index contributed by atoms with van der Waals surface area (Å²) in [4.78, 5) is 0. The van der Waals surface area contributed by atoms with Crippen LogP contribution < -0.4 is 5.73 Å². The molecule has 4 aromatic rings. The second-order valence-electron chi connectivity index (χ2n) is 6.21. The van der Waals surface area contributed by atoms with Crippen LogP contribution in [0.5, 0.6) is 0 Å². The van der Waals surface area contributed by atoms with Gasteiger partial charge in [0.25, 0.3) is 0 Å². The third-order valence-electron chi connectivity index (χ3n) is 4.24. The molecular weight excluding hydrogens is 402 g/mol. The monoisotopic (exact) mass is 417 g/mol. The fourth-order valence-electron chi connectivity index (χ4n) is 2.96. The molecular formula is C22H16ClN5S. The molecule has 0 spiro atoms. The third kappa shape index (κ3) is 4.08. The molecule has 3 aromatic carbocycles. The SMILES string of the molecule is NC(=S)n1nc(-c2ccccc2)c(N=Nc2cccc(Cl)c2)c1-c1ccccc1. The van der Waals surface area contributed by atoms with E-state index < -0.39 is 0 Å². The number of halogens is 1. The number of azo groups is 1. The van der Waals surface area contributed by atoms with Gasteiger partial charge in [0.05, 0.1) is 5.69 Å². The summed E-state index contributed by atoms with van der Waals surface area (Å²) in [6, 6.07) is 26.7. The van der Waals surface area contributed by atoms with Crippen LogP contribution in [0.25, 0.3) is 22.5 Å². The van der Waals surface area contributed by atoms with Crippen molar-refractivity contribution in [2.75, 3.05) is 0 Å². The zero-order chi connectivity index (χ0) is 20.2. The van der Waals surface area contributed by atoms with E-state index in [1.54, 1.807) is 12.1 Å². The van der Waals surface area contributed by atoms with E-state index in [0.717, 1.165) is 11.1 Å². The summed E-state index contributed by atoms with van der Waals surface area (Å²) >= 11 is 11.3. The van der Waals surface area contributed by atoms with Crippen LogP contribution >= 0.6 is 23.8 Å². The van der Waals surface area contributed by atoms with Crippen LogP contribution in [0, 0.1) is 0 Å². The van der Waals surface area contributed by atoms with E-state index in [4.69, 9.17) is 29.6 Å². The molecule has 0 saturated carbocycles. The highest BCUT2D eigenvalue weighted by Gasteiger charge is 2.22. The maximum absolute atomic E-state index is 6.07. The molecule has 0 aliphatic carbocycles. The van der Waals surface area contributed by atoms with Crippen molar-refractivity contribution < 1.29 is 0 Å². The minimum Gasteiger partial charge on any atom is -0.374 e. The van der Waals surface area contributed by atoms with Crippen LogP contribution in [0.2, 0.25) is 5.02 Å². The van der Waals surface area contributed by atoms with Gasteiger partial charge in [-0.3, -0.25) is 0 Å². The van der Waals surface area contributed by atoms with E-state index in [9.17, 15) is 0 Å².